The topological polar surface area (TPSA) is 57.0 Å². The molecule has 2 atom stereocenters. The summed E-state index contributed by atoms with van der Waals surface area (Å²) in [6.45, 7) is 11.6. The summed E-state index contributed by atoms with van der Waals surface area (Å²) in [5.41, 5.74) is 2.27. The number of benzene rings is 1. The van der Waals surface area contributed by atoms with Crippen LogP contribution in [0.5, 0.6) is 0 Å². The zero-order chi connectivity index (χ0) is 26.8. The molecule has 36 heavy (non-hydrogen) atoms. The fraction of sp³-hybridized carbons (Fsp3) is 0.581. The summed E-state index contributed by atoms with van der Waals surface area (Å²) >= 11 is 5.71. The highest BCUT2D eigenvalue weighted by atomic mass is 35.5. The number of nitrogens with zero attached hydrogens (tertiary/aromatic N) is 3. The molecule has 2 aromatic rings. The Bertz CT molecular complexity index is 890. The highest BCUT2D eigenvalue weighted by Gasteiger charge is 2.23. The molecule has 2 unspecified atom stereocenters. The maximum Gasteiger partial charge on any atom is 0.150 e. The first-order valence-corrected chi connectivity index (χ1v) is 13.9. The lowest BCUT2D eigenvalue weighted by atomic mass is 9.88. The van der Waals surface area contributed by atoms with E-state index in [1.165, 1.54) is 64.5 Å². The van der Waals surface area contributed by atoms with Gasteiger partial charge in [0, 0.05) is 24.5 Å². The minimum Gasteiger partial charge on any atom is -0.306 e. The number of aldehydes is 1. The van der Waals surface area contributed by atoms with E-state index in [1.807, 2.05) is 19.1 Å². The van der Waals surface area contributed by atoms with Crippen LogP contribution in [0, 0.1) is 36.0 Å². The van der Waals surface area contributed by atoms with E-state index in [0.29, 0.717) is 16.1 Å². The van der Waals surface area contributed by atoms with Gasteiger partial charge in [0.05, 0.1) is 10.6 Å². The summed E-state index contributed by atoms with van der Waals surface area (Å²) in [7, 11) is 2.22. The van der Waals surface area contributed by atoms with E-state index >= 15 is 0 Å². The van der Waals surface area contributed by atoms with Crippen molar-refractivity contribution in [2.75, 3.05) is 20.1 Å². The second-order valence-electron chi connectivity index (χ2n) is 10.1. The van der Waals surface area contributed by atoms with Crippen LogP contribution in [-0.2, 0) is 0 Å². The molecule has 0 N–H and O–H groups in total. The Balaban J connectivity index is 0.000000241. The fourth-order valence-electron chi connectivity index (χ4n) is 4.52. The molecule has 198 valence electrons. The number of rotatable bonds is 4. The van der Waals surface area contributed by atoms with Crippen LogP contribution in [0.1, 0.15) is 93.6 Å². The van der Waals surface area contributed by atoms with Crippen molar-refractivity contribution in [1.82, 2.24) is 9.88 Å². The summed E-state index contributed by atoms with van der Waals surface area (Å²) in [4.78, 5) is 16.2. The van der Waals surface area contributed by atoms with Gasteiger partial charge in [-0.15, -0.1) is 0 Å². The van der Waals surface area contributed by atoms with Gasteiger partial charge in [-0.1, -0.05) is 83.4 Å². The average Bonchev–Trinajstić information content (AvgIpc) is 3.36. The molecule has 4 rings (SSSR count). The molecule has 0 radical (unpaired) electrons. The summed E-state index contributed by atoms with van der Waals surface area (Å²) in [6, 6.07) is 10.7. The first-order chi connectivity index (χ1) is 17.3. The number of likely N-dealkylation sites (tertiary alicyclic amines) is 1. The Morgan fingerprint density at radius 3 is 2.22 bits per heavy atom. The summed E-state index contributed by atoms with van der Waals surface area (Å²) in [6.07, 6.45) is 15.7. The molecule has 5 heteroatoms. The van der Waals surface area contributed by atoms with Crippen LogP contribution >= 0.6 is 11.6 Å². The molecular formula is C31H46ClN3O. The lowest BCUT2D eigenvalue weighted by Crippen LogP contribution is -2.17. The van der Waals surface area contributed by atoms with Gasteiger partial charge >= 0.3 is 0 Å². The van der Waals surface area contributed by atoms with Crippen molar-refractivity contribution in [3.8, 4) is 6.07 Å². The molecule has 1 saturated heterocycles. The van der Waals surface area contributed by atoms with Gasteiger partial charge in [0.1, 0.15) is 12.4 Å². The largest absolute Gasteiger partial charge is 0.306 e. The molecule has 1 aromatic carbocycles. The minimum atomic E-state index is 0.530. The van der Waals surface area contributed by atoms with Crippen LogP contribution in [0.2, 0.25) is 5.02 Å². The number of aryl methyl sites for hydroxylation is 1. The lowest BCUT2D eigenvalue weighted by Gasteiger charge is -2.18. The maximum atomic E-state index is 9.98. The lowest BCUT2D eigenvalue weighted by molar-refractivity contribution is 0.112. The third kappa shape index (κ3) is 13.2. The molecule has 2 heterocycles. The normalized spacial score (nSPS) is 18.2. The number of carbonyl (C=O) groups is 1. The van der Waals surface area contributed by atoms with Gasteiger partial charge < -0.3 is 4.90 Å². The van der Waals surface area contributed by atoms with Crippen molar-refractivity contribution >= 4 is 17.9 Å². The standard InChI is InChI=1S/C9H19N.C8H6ClN.C8H16.C6H5NO/c1-4-8(2)9-5-6-10(3)7-9;1-6-2-3-7(5-10)8(9)4-6;1-2-8-6-4-3-5-7-8;8-5-6-1-3-7-4-2-6/h8-9H,4-7H2,1-3H3;2-4H,1H3;8H,2-7H2,1H3;1-5H. The van der Waals surface area contributed by atoms with E-state index in [-0.39, 0.29) is 0 Å². The van der Waals surface area contributed by atoms with Gasteiger partial charge in [0.2, 0.25) is 0 Å². The zero-order valence-electron chi connectivity index (χ0n) is 23.0. The number of hydrogen-bond acceptors (Lipinski definition) is 4. The fourth-order valence-corrected chi connectivity index (χ4v) is 4.79. The average molecular weight is 512 g/mol. The highest BCUT2D eigenvalue weighted by molar-refractivity contribution is 6.31. The van der Waals surface area contributed by atoms with Crippen LogP contribution < -0.4 is 0 Å². The van der Waals surface area contributed by atoms with E-state index in [2.05, 4.69) is 37.7 Å². The van der Waals surface area contributed by atoms with Crippen molar-refractivity contribution in [1.29, 1.82) is 5.26 Å². The number of carbonyl (C=O) groups excluding carboxylic acids is 1. The van der Waals surface area contributed by atoms with E-state index in [0.717, 1.165) is 29.6 Å². The van der Waals surface area contributed by atoms with Crippen LogP contribution in [0.4, 0.5) is 0 Å². The van der Waals surface area contributed by atoms with Gasteiger partial charge in [-0.3, -0.25) is 9.78 Å². The van der Waals surface area contributed by atoms with Crippen molar-refractivity contribution in [2.45, 2.75) is 79.1 Å². The van der Waals surface area contributed by atoms with Crippen molar-refractivity contribution in [2.24, 2.45) is 17.8 Å². The van der Waals surface area contributed by atoms with Crippen molar-refractivity contribution in [3.05, 3.63) is 64.4 Å². The molecule has 2 aliphatic rings. The minimum absolute atomic E-state index is 0.530. The molecule has 2 fully saturated rings. The molecule has 1 aliphatic carbocycles. The first kappa shape index (κ1) is 31.8. The summed E-state index contributed by atoms with van der Waals surface area (Å²) in [5.74, 6) is 3.00. The van der Waals surface area contributed by atoms with Crippen LogP contribution in [-0.4, -0.2) is 36.3 Å². The van der Waals surface area contributed by atoms with Crippen molar-refractivity contribution in [3.63, 3.8) is 0 Å². The number of halogens is 1. The van der Waals surface area contributed by atoms with Gasteiger partial charge in [-0.2, -0.15) is 5.26 Å². The summed E-state index contributed by atoms with van der Waals surface area (Å²) < 4.78 is 0. The smallest absolute Gasteiger partial charge is 0.150 e. The monoisotopic (exact) mass is 511 g/mol. The van der Waals surface area contributed by atoms with Gasteiger partial charge in [-0.05, 0) is 74.5 Å². The van der Waals surface area contributed by atoms with Gasteiger partial charge in [0.15, 0.2) is 0 Å². The quantitative estimate of drug-likeness (QED) is 0.387. The second kappa shape index (κ2) is 19.0. The third-order valence-electron chi connectivity index (χ3n) is 7.27. The Morgan fingerprint density at radius 2 is 1.81 bits per heavy atom. The molecule has 1 aliphatic heterocycles. The SMILES string of the molecule is CCC(C)C1CCN(C)C1.CCC1CCCCC1.Cc1ccc(C#N)c(Cl)c1.O=Cc1ccncc1. The predicted molar refractivity (Wildman–Crippen MR) is 152 cm³/mol. The number of nitriles is 1. The molecular weight excluding hydrogens is 466 g/mol. The van der Waals surface area contributed by atoms with E-state index in [4.69, 9.17) is 16.9 Å². The van der Waals surface area contributed by atoms with Crippen LogP contribution in [0.15, 0.2) is 42.7 Å². The molecule has 0 spiro atoms. The number of hydrogen-bond donors (Lipinski definition) is 0. The maximum absolute atomic E-state index is 9.98. The third-order valence-corrected chi connectivity index (χ3v) is 7.58. The Kier molecular flexibility index (Phi) is 16.8. The van der Waals surface area contributed by atoms with E-state index in [1.54, 1.807) is 36.7 Å². The number of aromatic nitrogens is 1. The molecule has 4 nitrogen and oxygen atoms in total. The summed E-state index contributed by atoms with van der Waals surface area (Å²) in [5, 5.41) is 9.00. The predicted octanol–water partition coefficient (Wildman–Crippen LogP) is 8.38. The molecule has 1 saturated carbocycles. The highest BCUT2D eigenvalue weighted by Crippen LogP contribution is 2.25. The first-order valence-electron chi connectivity index (χ1n) is 13.5. The Hall–Kier alpha value is -2.22. The van der Waals surface area contributed by atoms with Gasteiger partial charge in [-0.25, -0.2) is 0 Å². The molecule has 0 amide bonds. The molecule has 0 bridgehead atoms. The second-order valence-corrected chi connectivity index (χ2v) is 10.5. The van der Waals surface area contributed by atoms with E-state index < -0.39 is 0 Å². The Labute approximate surface area is 225 Å². The van der Waals surface area contributed by atoms with Crippen LogP contribution in [0.3, 0.4) is 0 Å². The van der Waals surface area contributed by atoms with E-state index in [9.17, 15) is 4.79 Å². The molecule has 1 aromatic heterocycles. The van der Waals surface area contributed by atoms with Crippen LogP contribution in [0.25, 0.3) is 0 Å². The zero-order valence-corrected chi connectivity index (χ0v) is 23.8. The number of pyridine rings is 1. The van der Waals surface area contributed by atoms with Gasteiger partial charge in [0.25, 0.3) is 0 Å². The van der Waals surface area contributed by atoms with Crippen molar-refractivity contribution < 1.29 is 4.79 Å². The Morgan fingerprint density at radius 1 is 1.14 bits per heavy atom.